The van der Waals surface area contributed by atoms with Crippen LogP contribution in [0.1, 0.15) is 24.8 Å². The second-order valence-electron chi connectivity index (χ2n) is 5.35. The summed E-state index contributed by atoms with van der Waals surface area (Å²) in [5, 5.41) is 11.2. The lowest BCUT2D eigenvalue weighted by Gasteiger charge is -2.18. The molecule has 1 heterocycles. The van der Waals surface area contributed by atoms with Gasteiger partial charge in [0.2, 0.25) is 0 Å². The highest BCUT2D eigenvalue weighted by Gasteiger charge is 2.36. The van der Waals surface area contributed by atoms with Crippen LogP contribution in [-0.4, -0.2) is 46.1 Å². The maximum atomic E-state index is 12.0. The molecule has 2 rings (SSSR count). The molecule has 0 unspecified atom stereocenters. The summed E-state index contributed by atoms with van der Waals surface area (Å²) in [6, 6.07) is 7.05. The van der Waals surface area contributed by atoms with Crippen LogP contribution in [0.5, 0.6) is 0 Å². The average Bonchev–Trinajstić information content (AvgIpc) is 2.92. The van der Waals surface area contributed by atoms with E-state index in [2.05, 4.69) is 10.2 Å². The number of aliphatic carboxylic acids is 1. The van der Waals surface area contributed by atoms with Crippen molar-refractivity contribution in [2.45, 2.75) is 31.9 Å². The van der Waals surface area contributed by atoms with Gasteiger partial charge < -0.3 is 20.0 Å². The SMILES string of the molecule is O=C(O)C[C@H](NC(=O)OCc1ccccc1)C(=O)ON1C(=O)CCC1=O. The first kappa shape index (κ1) is 18.9. The number of imide groups is 1. The van der Waals surface area contributed by atoms with E-state index in [0.29, 0.717) is 5.56 Å². The molecule has 10 heteroatoms. The lowest BCUT2D eigenvalue weighted by molar-refractivity contribution is -0.199. The first-order chi connectivity index (χ1) is 12.4. The van der Waals surface area contributed by atoms with Crippen molar-refractivity contribution in [1.29, 1.82) is 0 Å². The molecule has 1 aromatic carbocycles. The number of nitrogens with one attached hydrogen (secondary N) is 1. The summed E-state index contributed by atoms with van der Waals surface area (Å²) in [5.74, 6) is -4.09. The van der Waals surface area contributed by atoms with Gasteiger partial charge in [-0.1, -0.05) is 30.3 Å². The van der Waals surface area contributed by atoms with E-state index in [1.54, 1.807) is 30.3 Å². The smallest absolute Gasteiger partial charge is 0.408 e. The van der Waals surface area contributed by atoms with Gasteiger partial charge in [0.15, 0.2) is 0 Å². The van der Waals surface area contributed by atoms with E-state index in [4.69, 9.17) is 9.84 Å². The van der Waals surface area contributed by atoms with Gasteiger partial charge >= 0.3 is 18.0 Å². The van der Waals surface area contributed by atoms with Gasteiger partial charge in [-0.3, -0.25) is 14.4 Å². The third-order valence-electron chi connectivity index (χ3n) is 3.36. The van der Waals surface area contributed by atoms with Crippen LogP contribution in [0.3, 0.4) is 0 Å². The second-order valence-corrected chi connectivity index (χ2v) is 5.35. The fourth-order valence-electron chi connectivity index (χ4n) is 2.09. The summed E-state index contributed by atoms with van der Waals surface area (Å²) in [5.41, 5.74) is 0.688. The summed E-state index contributed by atoms with van der Waals surface area (Å²) in [7, 11) is 0. The van der Waals surface area contributed by atoms with E-state index >= 15 is 0 Å². The molecule has 0 bridgehead atoms. The Labute approximate surface area is 147 Å². The van der Waals surface area contributed by atoms with Crippen LogP contribution in [0.15, 0.2) is 30.3 Å². The third-order valence-corrected chi connectivity index (χ3v) is 3.36. The standard InChI is InChI=1S/C16H16N2O8/c19-12-6-7-13(20)18(12)26-15(23)11(8-14(21)22)17-16(24)25-9-10-4-2-1-3-5-10/h1-5,11H,6-9H2,(H,17,24)(H,21,22)/t11-/m0/s1. The number of amides is 3. The molecule has 0 spiro atoms. The van der Waals surface area contributed by atoms with Gasteiger partial charge in [0, 0.05) is 12.8 Å². The van der Waals surface area contributed by atoms with E-state index in [1.165, 1.54) is 0 Å². The lowest BCUT2D eigenvalue weighted by atomic mass is 10.2. The number of ether oxygens (including phenoxy) is 1. The van der Waals surface area contributed by atoms with Crippen molar-refractivity contribution in [2.75, 3.05) is 0 Å². The summed E-state index contributed by atoms with van der Waals surface area (Å²) >= 11 is 0. The Morgan fingerprint density at radius 1 is 1.12 bits per heavy atom. The molecule has 0 aromatic heterocycles. The van der Waals surface area contributed by atoms with Gasteiger partial charge in [0.25, 0.3) is 11.8 Å². The second kappa shape index (κ2) is 8.60. The van der Waals surface area contributed by atoms with Gasteiger partial charge in [-0.2, -0.15) is 0 Å². The number of alkyl carbamates (subject to hydrolysis) is 1. The van der Waals surface area contributed by atoms with Gasteiger partial charge in [-0.05, 0) is 5.56 Å². The minimum absolute atomic E-state index is 0.0926. The number of hydrogen-bond donors (Lipinski definition) is 2. The molecule has 2 N–H and O–H groups in total. The number of hydroxylamine groups is 2. The maximum absolute atomic E-state index is 12.0. The molecule has 1 aliphatic rings. The zero-order valence-electron chi connectivity index (χ0n) is 13.5. The van der Waals surface area contributed by atoms with E-state index in [9.17, 15) is 24.0 Å². The molecule has 0 radical (unpaired) electrons. The number of carbonyl (C=O) groups is 5. The first-order valence-corrected chi connectivity index (χ1v) is 7.63. The molecule has 0 aliphatic carbocycles. The Kier molecular flexibility index (Phi) is 6.25. The molecular formula is C16H16N2O8. The van der Waals surface area contributed by atoms with Crippen LogP contribution >= 0.6 is 0 Å². The zero-order valence-corrected chi connectivity index (χ0v) is 13.5. The summed E-state index contributed by atoms with van der Waals surface area (Å²) in [6.45, 7) is -0.0926. The fraction of sp³-hybridized carbons (Fsp3) is 0.312. The van der Waals surface area contributed by atoms with Crippen molar-refractivity contribution in [3.05, 3.63) is 35.9 Å². The molecular weight excluding hydrogens is 348 g/mol. The number of carboxylic acid groups (broad SMARTS) is 1. The number of carbonyl (C=O) groups excluding carboxylic acids is 4. The number of nitrogens with zero attached hydrogens (tertiary/aromatic N) is 1. The Morgan fingerprint density at radius 2 is 1.73 bits per heavy atom. The minimum atomic E-state index is -1.63. The normalized spacial score (nSPS) is 14.7. The molecule has 26 heavy (non-hydrogen) atoms. The molecule has 1 aliphatic heterocycles. The highest BCUT2D eigenvalue weighted by molar-refractivity contribution is 6.02. The highest BCUT2D eigenvalue weighted by atomic mass is 16.7. The predicted molar refractivity (Wildman–Crippen MR) is 83.0 cm³/mol. The monoisotopic (exact) mass is 364 g/mol. The van der Waals surface area contributed by atoms with Gasteiger partial charge in [0.1, 0.15) is 12.6 Å². The Bertz CT molecular complexity index is 702. The third kappa shape index (κ3) is 5.30. The average molecular weight is 364 g/mol. The van der Waals surface area contributed by atoms with E-state index in [1.807, 2.05) is 0 Å². The number of rotatable bonds is 7. The van der Waals surface area contributed by atoms with E-state index < -0.39 is 42.3 Å². The quantitative estimate of drug-likeness (QED) is 0.661. The summed E-state index contributed by atoms with van der Waals surface area (Å²) in [4.78, 5) is 62.2. The van der Waals surface area contributed by atoms with Crippen LogP contribution in [0.2, 0.25) is 0 Å². The Morgan fingerprint density at radius 3 is 2.31 bits per heavy atom. The van der Waals surface area contributed by atoms with Crippen molar-refractivity contribution in [3.8, 4) is 0 Å². The molecule has 1 saturated heterocycles. The van der Waals surface area contributed by atoms with Crippen LogP contribution in [0.25, 0.3) is 0 Å². The van der Waals surface area contributed by atoms with Crippen molar-refractivity contribution in [3.63, 3.8) is 0 Å². The summed E-state index contributed by atoms with van der Waals surface area (Å²) in [6.07, 6.45) is -2.07. The van der Waals surface area contributed by atoms with Crippen LogP contribution in [-0.2, 0) is 35.4 Å². The predicted octanol–water partition coefficient (Wildman–Crippen LogP) is 0.363. The zero-order chi connectivity index (χ0) is 19.1. The van der Waals surface area contributed by atoms with Gasteiger partial charge in [-0.15, -0.1) is 5.06 Å². The van der Waals surface area contributed by atoms with Gasteiger partial charge in [0.05, 0.1) is 6.42 Å². The Balaban J connectivity index is 1.94. The summed E-state index contributed by atoms with van der Waals surface area (Å²) < 4.78 is 4.90. The van der Waals surface area contributed by atoms with Crippen LogP contribution < -0.4 is 5.32 Å². The van der Waals surface area contributed by atoms with E-state index in [0.717, 1.165) is 0 Å². The van der Waals surface area contributed by atoms with Crippen LogP contribution in [0.4, 0.5) is 4.79 Å². The largest absolute Gasteiger partial charge is 0.481 e. The van der Waals surface area contributed by atoms with Gasteiger partial charge in [-0.25, -0.2) is 9.59 Å². The fourth-order valence-corrected chi connectivity index (χ4v) is 2.09. The molecule has 1 atom stereocenters. The van der Waals surface area contributed by atoms with Crippen molar-refractivity contribution in [1.82, 2.24) is 10.4 Å². The van der Waals surface area contributed by atoms with Crippen LogP contribution in [0, 0.1) is 0 Å². The van der Waals surface area contributed by atoms with Crippen molar-refractivity contribution in [2.24, 2.45) is 0 Å². The number of carboxylic acids is 1. The molecule has 10 nitrogen and oxygen atoms in total. The maximum Gasteiger partial charge on any atom is 0.408 e. The molecule has 1 aromatic rings. The molecule has 0 saturated carbocycles. The molecule has 138 valence electrons. The number of hydrogen-bond acceptors (Lipinski definition) is 7. The topological polar surface area (TPSA) is 139 Å². The van der Waals surface area contributed by atoms with Crippen molar-refractivity contribution >= 4 is 29.8 Å². The van der Waals surface area contributed by atoms with Crippen molar-refractivity contribution < 1.29 is 38.7 Å². The molecule has 3 amide bonds. The molecule has 1 fully saturated rings. The van der Waals surface area contributed by atoms with E-state index in [-0.39, 0.29) is 24.5 Å². The Hall–Kier alpha value is -3.43. The number of benzene rings is 1. The lowest BCUT2D eigenvalue weighted by Crippen LogP contribution is -2.46. The first-order valence-electron chi connectivity index (χ1n) is 7.63. The highest BCUT2D eigenvalue weighted by Crippen LogP contribution is 2.13. The minimum Gasteiger partial charge on any atom is -0.481 e.